The first-order valence-electron chi connectivity index (χ1n) is 7.54. The van der Waals surface area contributed by atoms with Crippen LogP contribution in [0.15, 0.2) is 18.2 Å². The quantitative estimate of drug-likeness (QED) is 0.697. The minimum atomic E-state index is 0.317. The Kier molecular flexibility index (Phi) is 6.02. The first-order chi connectivity index (χ1) is 10.2. The van der Waals surface area contributed by atoms with E-state index in [0.29, 0.717) is 6.10 Å². The lowest BCUT2D eigenvalue weighted by atomic mass is 10.3. The number of ether oxygens (including phenoxy) is 2. The molecule has 0 atom stereocenters. The number of nitrogens with zero attached hydrogens (tertiary/aromatic N) is 1. The van der Waals surface area contributed by atoms with Crippen LogP contribution >= 0.6 is 0 Å². The van der Waals surface area contributed by atoms with Gasteiger partial charge < -0.3 is 19.8 Å². The molecule has 5 heteroatoms. The van der Waals surface area contributed by atoms with Gasteiger partial charge in [0.1, 0.15) is 11.6 Å². The minimum absolute atomic E-state index is 0.317. The van der Waals surface area contributed by atoms with E-state index in [1.54, 1.807) is 7.11 Å². The van der Waals surface area contributed by atoms with Gasteiger partial charge in [0.15, 0.2) is 0 Å². The Balaban J connectivity index is 1.71. The summed E-state index contributed by atoms with van der Waals surface area (Å²) in [6.45, 7) is 6.82. The molecule has 1 aromatic heterocycles. The van der Waals surface area contributed by atoms with Crippen molar-refractivity contribution >= 4 is 11.0 Å². The summed E-state index contributed by atoms with van der Waals surface area (Å²) < 4.78 is 10.7. The predicted molar refractivity (Wildman–Crippen MR) is 84.9 cm³/mol. The van der Waals surface area contributed by atoms with Gasteiger partial charge in [-0.3, -0.25) is 0 Å². The molecule has 2 rings (SSSR count). The van der Waals surface area contributed by atoms with Crippen LogP contribution in [0.1, 0.15) is 26.1 Å². The fraction of sp³-hybridized carbons (Fsp3) is 0.562. The first kappa shape index (κ1) is 15.8. The van der Waals surface area contributed by atoms with E-state index in [1.165, 1.54) is 0 Å². The third kappa shape index (κ3) is 5.02. The highest BCUT2D eigenvalue weighted by Gasteiger charge is 2.03. The van der Waals surface area contributed by atoms with E-state index in [4.69, 9.17) is 9.47 Å². The molecular weight excluding hydrogens is 266 g/mol. The average molecular weight is 291 g/mol. The number of benzene rings is 1. The Bertz CT molecular complexity index is 551. The summed E-state index contributed by atoms with van der Waals surface area (Å²) in [5.74, 6) is 1.85. The van der Waals surface area contributed by atoms with Crippen molar-refractivity contribution in [3.8, 4) is 5.75 Å². The second-order valence-corrected chi connectivity index (χ2v) is 5.34. The van der Waals surface area contributed by atoms with Crippen molar-refractivity contribution < 1.29 is 9.47 Å². The van der Waals surface area contributed by atoms with Crippen LogP contribution in [0.5, 0.6) is 5.75 Å². The number of imidazole rings is 1. The van der Waals surface area contributed by atoms with Crippen LogP contribution in [0.25, 0.3) is 11.0 Å². The monoisotopic (exact) mass is 291 g/mol. The second kappa shape index (κ2) is 8.00. The molecule has 116 valence electrons. The molecule has 0 aliphatic carbocycles. The third-order valence-corrected chi connectivity index (χ3v) is 3.23. The Morgan fingerprint density at radius 1 is 1.29 bits per heavy atom. The predicted octanol–water partition coefficient (Wildman–Crippen LogP) is 2.52. The normalized spacial score (nSPS) is 11.4. The number of fused-ring (bicyclic) bond motifs is 1. The van der Waals surface area contributed by atoms with Crippen molar-refractivity contribution in [3.63, 3.8) is 0 Å². The van der Waals surface area contributed by atoms with Crippen LogP contribution in [0, 0.1) is 0 Å². The number of aromatic amines is 1. The Morgan fingerprint density at radius 2 is 2.14 bits per heavy atom. The number of nitrogens with one attached hydrogen (secondary N) is 2. The van der Waals surface area contributed by atoms with Gasteiger partial charge in [0.2, 0.25) is 0 Å². The molecule has 0 radical (unpaired) electrons. The highest BCUT2D eigenvalue weighted by molar-refractivity contribution is 5.76. The summed E-state index contributed by atoms with van der Waals surface area (Å²) in [4.78, 5) is 7.90. The largest absolute Gasteiger partial charge is 0.497 e. The van der Waals surface area contributed by atoms with Crippen molar-refractivity contribution in [1.82, 2.24) is 15.3 Å². The number of rotatable bonds is 9. The van der Waals surface area contributed by atoms with Crippen LogP contribution in [0.3, 0.4) is 0 Å². The molecule has 5 nitrogen and oxygen atoms in total. The molecule has 2 aromatic rings. The van der Waals surface area contributed by atoms with Gasteiger partial charge in [0.05, 0.1) is 24.2 Å². The van der Waals surface area contributed by atoms with Crippen molar-refractivity contribution in [2.24, 2.45) is 0 Å². The highest BCUT2D eigenvalue weighted by atomic mass is 16.5. The van der Waals surface area contributed by atoms with E-state index in [0.717, 1.165) is 55.1 Å². The maximum absolute atomic E-state index is 5.50. The van der Waals surface area contributed by atoms with Gasteiger partial charge in [-0.15, -0.1) is 0 Å². The molecule has 0 fully saturated rings. The van der Waals surface area contributed by atoms with Gasteiger partial charge in [-0.1, -0.05) is 0 Å². The van der Waals surface area contributed by atoms with Gasteiger partial charge in [-0.05, 0) is 38.9 Å². The lowest BCUT2D eigenvalue weighted by Gasteiger charge is -2.07. The third-order valence-electron chi connectivity index (χ3n) is 3.23. The van der Waals surface area contributed by atoms with Gasteiger partial charge in [0, 0.05) is 25.6 Å². The van der Waals surface area contributed by atoms with Crippen molar-refractivity contribution in [1.29, 1.82) is 0 Å². The molecule has 0 aliphatic heterocycles. The minimum Gasteiger partial charge on any atom is -0.497 e. The number of hydrogen-bond donors (Lipinski definition) is 2. The molecule has 0 saturated carbocycles. The molecule has 2 N–H and O–H groups in total. The Morgan fingerprint density at radius 3 is 2.90 bits per heavy atom. The number of hydrogen-bond acceptors (Lipinski definition) is 4. The highest BCUT2D eigenvalue weighted by Crippen LogP contribution is 2.18. The summed E-state index contributed by atoms with van der Waals surface area (Å²) in [6.07, 6.45) is 2.25. The van der Waals surface area contributed by atoms with Crippen molar-refractivity contribution in [2.45, 2.75) is 32.8 Å². The lowest BCUT2D eigenvalue weighted by Crippen LogP contribution is -2.20. The summed E-state index contributed by atoms with van der Waals surface area (Å²) in [5.41, 5.74) is 2.01. The SMILES string of the molecule is COc1ccc2nc(CCNCCCOC(C)C)[nH]c2c1. The van der Waals surface area contributed by atoms with E-state index < -0.39 is 0 Å². The molecule has 1 aromatic carbocycles. The molecule has 0 aliphatic rings. The van der Waals surface area contributed by atoms with Gasteiger partial charge in [-0.25, -0.2) is 4.98 Å². The number of methoxy groups -OCH3 is 1. The van der Waals surface area contributed by atoms with E-state index in [1.807, 2.05) is 18.2 Å². The van der Waals surface area contributed by atoms with Crippen LogP contribution < -0.4 is 10.1 Å². The first-order valence-corrected chi connectivity index (χ1v) is 7.54. The smallest absolute Gasteiger partial charge is 0.121 e. The Labute approximate surface area is 126 Å². The van der Waals surface area contributed by atoms with E-state index in [2.05, 4.69) is 29.1 Å². The molecular formula is C16H25N3O2. The summed E-state index contributed by atoms with van der Waals surface area (Å²) in [7, 11) is 1.67. The number of H-pyrrole nitrogens is 1. The van der Waals surface area contributed by atoms with Crippen LogP contribution in [-0.4, -0.2) is 42.9 Å². The second-order valence-electron chi connectivity index (χ2n) is 5.34. The molecule has 1 heterocycles. The van der Waals surface area contributed by atoms with Crippen molar-refractivity contribution in [3.05, 3.63) is 24.0 Å². The van der Waals surface area contributed by atoms with Gasteiger partial charge in [0.25, 0.3) is 0 Å². The van der Waals surface area contributed by atoms with E-state index in [-0.39, 0.29) is 0 Å². The van der Waals surface area contributed by atoms with E-state index in [9.17, 15) is 0 Å². The molecule has 0 unspecified atom stereocenters. The van der Waals surface area contributed by atoms with Crippen LogP contribution in [0.2, 0.25) is 0 Å². The summed E-state index contributed by atoms with van der Waals surface area (Å²) in [6, 6.07) is 5.88. The zero-order chi connectivity index (χ0) is 15.1. The van der Waals surface area contributed by atoms with Crippen LogP contribution in [-0.2, 0) is 11.2 Å². The summed E-state index contributed by atoms with van der Waals surface area (Å²) >= 11 is 0. The zero-order valence-electron chi connectivity index (χ0n) is 13.1. The molecule has 0 spiro atoms. The molecule has 21 heavy (non-hydrogen) atoms. The summed E-state index contributed by atoms with van der Waals surface area (Å²) in [5, 5.41) is 3.41. The maximum atomic E-state index is 5.50. The van der Waals surface area contributed by atoms with E-state index >= 15 is 0 Å². The molecule has 0 amide bonds. The molecule has 0 bridgehead atoms. The molecule has 0 saturated heterocycles. The Hall–Kier alpha value is -1.59. The zero-order valence-corrected chi connectivity index (χ0v) is 13.1. The maximum Gasteiger partial charge on any atom is 0.121 e. The number of aromatic nitrogens is 2. The fourth-order valence-corrected chi connectivity index (χ4v) is 2.13. The topological polar surface area (TPSA) is 59.2 Å². The van der Waals surface area contributed by atoms with Crippen molar-refractivity contribution in [2.75, 3.05) is 26.8 Å². The van der Waals surface area contributed by atoms with Gasteiger partial charge in [-0.2, -0.15) is 0 Å². The van der Waals surface area contributed by atoms with Crippen LogP contribution in [0.4, 0.5) is 0 Å². The lowest BCUT2D eigenvalue weighted by molar-refractivity contribution is 0.0771. The standard InChI is InChI=1S/C16H25N3O2/c1-12(2)21-10-4-8-17-9-7-16-18-14-6-5-13(20-3)11-15(14)19-16/h5-6,11-12,17H,4,7-10H2,1-3H3,(H,18,19). The fourth-order valence-electron chi connectivity index (χ4n) is 2.13. The van der Waals surface area contributed by atoms with Gasteiger partial charge >= 0.3 is 0 Å². The average Bonchev–Trinajstić information content (AvgIpc) is 2.87.